The van der Waals surface area contributed by atoms with Crippen LogP contribution in [0.5, 0.6) is 17.2 Å². The predicted octanol–water partition coefficient (Wildman–Crippen LogP) is 4.27. The zero-order valence-electron chi connectivity index (χ0n) is 14.9. The zero-order chi connectivity index (χ0) is 19.1. The summed E-state index contributed by atoms with van der Waals surface area (Å²) in [6.45, 7) is 0.323. The lowest BCUT2D eigenvalue weighted by Gasteiger charge is -2.16. The van der Waals surface area contributed by atoms with Gasteiger partial charge in [-0.25, -0.2) is 0 Å². The van der Waals surface area contributed by atoms with Crippen LogP contribution in [0.1, 0.15) is 17.5 Å². The van der Waals surface area contributed by atoms with Gasteiger partial charge in [-0.3, -0.25) is 4.79 Å². The molecule has 0 aliphatic heterocycles. The average molecular weight is 398 g/mol. The highest BCUT2D eigenvalue weighted by Crippen LogP contribution is 2.39. The lowest BCUT2D eigenvalue weighted by atomic mass is 10.1. The number of ether oxygens (including phenoxy) is 3. The first-order valence-corrected chi connectivity index (χ1v) is 8.74. The van der Waals surface area contributed by atoms with Gasteiger partial charge in [0.25, 0.3) is 0 Å². The quantitative estimate of drug-likeness (QED) is 0.722. The van der Waals surface area contributed by atoms with E-state index in [2.05, 4.69) is 5.32 Å². The predicted molar refractivity (Wildman–Crippen MR) is 103 cm³/mol. The maximum atomic E-state index is 12.2. The highest BCUT2D eigenvalue weighted by molar-refractivity contribution is 6.42. The van der Waals surface area contributed by atoms with Crippen LogP contribution in [0.25, 0.3) is 0 Å². The summed E-state index contributed by atoms with van der Waals surface area (Å²) in [5, 5.41) is 3.87. The second-order valence-corrected chi connectivity index (χ2v) is 6.33. The van der Waals surface area contributed by atoms with E-state index in [1.54, 1.807) is 39.5 Å². The van der Waals surface area contributed by atoms with Gasteiger partial charge in [-0.05, 0) is 36.2 Å². The molecule has 2 aromatic carbocycles. The van der Waals surface area contributed by atoms with Crippen molar-refractivity contribution in [3.63, 3.8) is 0 Å². The van der Waals surface area contributed by atoms with Crippen molar-refractivity contribution in [1.29, 1.82) is 0 Å². The average Bonchev–Trinajstić information content (AvgIpc) is 2.66. The number of carbonyl (C=O) groups is 1. The maximum absolute atomic E-state index is 12.2. The molecule has 0 aliphatic rings. The van der Waals surface area contributed by atoms with Crippen LogP contribution in [-0.2, 0) is 17.8 Å². The summed E-state index contributed by atoms with van der Waals surface area (Å²) in [6.07, 6.45) is 0.916. The molecular formula is C19H21Cl2NO4. The van der Waals surface area contributed by atoms with E-state index in [1.165, 1.54) is 0 Å². The summed E-state index contributed by atoms with van der Waals surface area (Å²) in [5.41, 5.74) is 1.76. The van der Waals surface area contributed by atoms with E-state index in [0.717, 1.165) is 11.1 Å². The van der Waals surface area contributed by atoms with E-state index in [0.29, 0.717) is 46.7 Å². The molecule has 7 heteroatoms. The Hall–Kier alpha value is -2.11. The molecule has 26 heavy (non-hydrogen) atoms. The van der Waals surface area contributed by atoms with E-state index in [4.69, 9.17) is 37.4 Å². The Kier molecular flexibility index (Phi) is 7.42. The number of nitrogens with one attached hydrogen (secondary N) is 1. The van der Waals surface area contributed by atoms with E-state index in [-0.39, 0.29) is 5.91 Å². The summed E-state index contributed by atoms with van der Waals surface area (Å²) in [4.78, 5) is 12.2. The molecule has 2 rings (SSSR count). The Morgan fingerprint density at radius 2 is 1.69 bits per heavy atom. The van der Waals surface area contributed by atoms with Gasteiger partial charge in [0.15, 0.2) is 11.5 Å². The molecule has 0 aromatic heterocycles. The molecule has 1 amide bonds. The van der Waals surface area contributed by atoms with Gasteiger partial charge in [0.1, 0.15) is 0 Å². The topological polar surface area (TPSA) is 56.8 Å². The number of amides is 1. The second-order valence-electron chi connectivity index (χ2n) is 5.52. The molecule has 140 valence electrons. The molecule has 0 aliphatic carbocycles. The Balaban J connectivity index is 1.97. The standard InChI is InChI=1S/C19H21Cl2NO4/c1-24-16-8-6-13(18(25-2)19(16)26-3)11-22-17(23)9-5-12-4-7-14(20)15(21)10-12/h4,6-8,10H,5,9,11H2,1-3H3,(H,22,23). The fraction of sp³-hybridized carbons (Fsp3) is 0.316. The van der Waals surface area contributed by atoms with Crippen molar-refractivity contribution in [2.24, 2.45) is 0 Å². The normalized spacial score (nSPS) is 10.3. The minimum atomic E-state index is -0.0760. The number of aryl methyl sites for hydroxylation is 1. The summed E-state index contributed by atoms with van der Waals surface area (Å²) < 4.78 is 16.0. The van der Waals surface area contributed by atoms with E-state index < -0.39 is 0 Å². The number of methoxy groups -OCH3 is 3. The van der Waals surface area contributed by atoms with Crippen LogP contribution in [-0.4, -0.2) is 27.2 Å². The minimum Gasteiger partial charge on any atom is -0.493 e. The zero-order valence-corrected chi connectivity index (χ0v) is 16.4. The molecule has 0 fully saturated rings. The van der Waals surface area contributed by atoms with Gasteiger partial charge in [0.05, 0.1) is 31.4 Å². The number of benzene rings is 2. The second kappa shape index (κ2) is 9.55. The highest BCUT2D eigenvalue weighted by atomic mass is 35.5. The van der Waals surface area contributed by atoms with E-state index in [9.17, 15) is 4.79 Å². The lowest BCUT2D eigenvalue weighted by Crippen LogP contribution is -2.23. The van der Waals surface area contributed by atoms with Gasteiger partial charge in [-0.15, -0.1) is 0 Å². The van der Waals surface area contributed by atoms with Gasteiger partial charge in [0.2, 0.25) is 11.7 Å². The summed E-state index contributed by atoms with van der Waals surface area (Å²) in [7, 11) is 4.65. The molecule has 0 saturated heterocycles. The first-order chi connectivity index (χ1) is 12.5. The number of hydrogen-bond donors (Lipinski definition) is 1. The molecule has 0 atom stereocenters. The van der Waals surface area contributed by atoms with Crippen LogP contribution >= 0.6 is 23.2 Å². The van der Waals surface area contributed by atoms with Crippen LogP contribution in [0.4, 0.5) is 0 Å². The van der Waals surface area contributed by atoms with Crippen LogP contribution < -0.4 is 19.5 Å². The molecule has 0 bridgehead atoms. The third-order valence-electron chi connectivity index (χ3n) is 3.89. The van der Waals surface area contributed by atoms with Crippen LogP contribution in [0.3, 0.4) is 0 Å². The molecule has 5 nitrogen and oxygen atoms in total. The van der Waals surface area contributed by atoms with E-state index >= 15 is 0 Å². The SMILES string of the molecule is COc1ccc(CNC(=O)CCc2ccc(Cl)c(Cl)c2)c(OC)c1OC. The Bertz CT molecular complexity index is 780. The number of carbonyl (C=O) groups excluding carboxylic acids is 1. The Morgan fingerprint density at radius 3 is 2.31 bits per heavy atom. The molecule has 1 N–H and O–H groups in total. The van der Waals surface area contributed by atoms with Gasteiger partial charge in [0, 0.05) is 18.5 Å². The minimum absolute atomic E-state index is 0.0760. The highest BCUT2D eigenvalue weighted by Gasteiger charge is 2.16. The molecule has 0 spiro atoms. The fourth-order valence-corrected chi connectivity index (χ4v) is 2.86. The largest absolute Gasteiger partial charge is 0.493 e. The smallest absolute Gasteiger partial charge is 0.220 e. The van der Waals surface area contributed by atoms with Crippen molar-refractivity contribution < 1.29 is 19.0 Å². The molecule has 0 radical (unpaired) electrons. The van der Waals surface area contributed by atoms with Crippen molar-refractivity contribution in [1.82, 2.24) is 5.32 Å². The van der Waals surface area contributed by atoms with Gasteiger partial charge >= 0.3 is 0 Å². The first kappa shape index (κ1) is 20.2. The van der Waals surface area contributed by atoms with Crippen molar-refractivity contribution in [2.45, 2.75) is 19.4 Å². The number of rotatable bonds is 8. The van der Waals surface area contributed by atoms with Gasteiger partial charge < -0.3 is 19.5 Å². The van der Waals surface area contributed by atoms with Crippen molar-refractivity contribution in [3.05, 3.63) is 51.5 Å². The summed E-state index contributed by atoms with van der Waals surface area (Å²) >= 11 is 11.9. The van der Waals surface area contributed by atoms with Gasteiger partial charge in [-0.1, -0.05) is 29.3 Å². The third kappa shape index (κ3) is 4.96. The summed E-state index contributed by atoms with van der Waals surface area (Å²) in [6, 6.07) is 8.97. The van der Waals surface area contributed by atoms with Crippen LogP contribution in [0.15, 0.2) is 30.3 Å². The monoisotopic (exact) mass is 397 g/mol. The Morgan fingerprint density at radius 1 is 0.962 bits per heavy atom. The van der Waals surface area contributed by atoms with Crippen molar-refractivity contribution in [3.8, 4) is 17.2 Å². The molecule has 0 heterocycles. The number of hydrogen-bond acceptors (Lipinski definition) is 4. The van der Waals surface area contributed by atoms with E-state index in [1.807, 2.05) is 12.1 Å². The third-order valence-corrected chi connectivity index (χ3v) is 4.63. The molecular weight excluding hydrogens is 377 g/mol. The number of halogens is 2. The fourth-order valence-electron chi connectivity index (χ4n) is 2.54. The maximum Gasteiger partial charge on any atom is 0.220 e. The molecule has 0 unspecified atom stereocenters. The van der Waals surface area contributed by atoms with Crippen LogP contribution in [0, 0.1) is 0 Å². The summed E-state index contributed by atoms with van der Waals surface area (Å²) in [5.74, 6) is 1.53. The van der Waals surface area contributed by atoms with Crippen molar-refractivity contribution in [2.75, 3.05) is 21.3 Å². The molecule has 2 aromatic rings. The first-order valence-electron chi connectivity index (χ1n) is 7.98. The van der Waals surface area contributed by atoms with Crippen LogP contribution in [0.2, 0.25) is 10.0 Å². The van der Waals surface area contributed by atoms with Crippen molar-refractivity contribution >= 4 is 29.1 Å². The molecule has 0 saturated carbocycles. The Labute approximate surface area is 163 Å². The lowest BCUT2D eigenvalue weighted by molar-refractivity contribution is -0.121. The van der Waals surface area contributed by atoms with Gasteiger partial charge in [-0.2, -0.15) is 0 Å².